The van der Waals surface area contributed by atoms with Crippen molar-refractivity contribution in [3.05, 3.63) is 70.4 Å². The van der Waals surface area contributed by atoms with E-state index in [-0.39, 0.29) is 0 Å². The third-order valence-corrected chi connectivity index (χ3v) is 4.14. The Bertz CT molecular complexity index is 974. The van der Waals surface area contributed by atoms with E-state index in [1.807, 2.05) is 44.2 Å². The molecule has 3 aromatic rings. The van der Waals surface area contributed by atoms with E-state index in [4.69, 9.17) is 16.3 Å². The van der Waals surface area contributed by atoms with Gasteiger partial charge in [-0.05, 0) is 44.2 Å². The molecule has 0 fully saturated rings. The molecule has 7 heteroatoms. The van der Waals surface area contributed by atoms with Gasteiger partial charge < -0.3 is 15.4 Å². The third kappa shape index (κ3) is 4.74. The molecule has 138 valence electrons. The first-order valence-electron chi connectivity index (χ1n) is 8.29. The molecule has 1 heterocycles. The molecule has 3 rings (SSSR count). The predicted octanol–water partition coefficient (Wildman–Crippen LogP) is 5.02. The number of aryl methyl sites for hydroxylation is 2. The highest BCUT2D eigenvalue weighted by atomic mass is 35.5. The lowest BCUT2D eigenvalue weighted by Crippen LogP contribution is -2.05. The van der Waals surface area contributed by atoms with Gasteiger partial charge in [-0.2, -0.15) is 4.98 Å². The highest BCUT2D eigenvalue weighted by Crippen LogP contribution is 2.27. The number of methoxy groups -OCH3 is 1. The monoisotopic (exact) mass is 382 g/mol. The van der Waals surface area contributed by atoms with Crippen LogP contribution in [0.3, 0.4) is 0 Å². The van der Waals surface area contributed by atoms with Crippen molar-refractivity contribution in [3.63, 3.8) is 0 Å². The van der Waals surface area contributed by atoms with Gasteiger partial charge in [0.15, 0.2) is 0 Å². The molecule has 0 saturated carbocycles. The van der Waals surface area contributed by atoms with Crippen LogP contribution in [0.15, 0.2) is 48.5 Å². The zero-order chi connectivity index (χ0) is 19.4. The van der Waals surface area contributed by atoms with Crippen LogP contribution in [0.5, 0.6) is 0 Å². The maximum atomic E-state index is 11.7. The Morgan fingerprint density at radius 3 is 2.44 bits per heavy atom. The number of aromatic nitrogens is 2. The SMILES string of the molecule is COC(=O)c1ccc(Cl)c(Nc2nc(C)cc(Nc3ccc(C)cc3)n2)c1. The Morgan fingerprint density at radius 2 is 1.74 bits per heavy atom. The number of anilines is 4. The number of carbonyl (C=O) groups is 1. The minimum atomic E-state index is -0.443. The number of halogens is 1. The fourth-order valence-electron chi connectivity index (χ4n) is 2.46. The van der Waals surface area contributed by atoms with E-state index in [1.54, 1.807) is 18.2 Å². The van der Waals surface area contributed by atoms with Crippen molar-refractivity contribution in [2.75, 3.05) is 17.7 Å². The van der Waals surface area contributed by atoms with Gasteiger partial charge in [0, 0.05) is 17.4 Å². The lowest BCUT2D eigenvalue weighted by Gasteiger charge is -2.12. The summed E-state index contributed by atoms with van der Waals surface area (Å²) in [4.78, 5) is 20.6. The first kappa shape index (κ1) is 18.7. The minimum Gasteiger partial charge on any atom is -0.465 e. The Balaban J connectivity index is 1.86. The number of nitrogens with zero attached hydrogens (tertiary/aromatic N) is 2. The summed E-state index contributed by atoms with van der Waals surface area (Å²) in [6.45, 7) is 3.91. The topological polar surface area (TPSA) is 76.1 Å². The zero-order valence-corrected chi connectivity index (χ0v) is 16.0. The van der Waals surface area contributed by atoms with Crippen molar-refractivity contribution in [3.8, 4) is 0 Å². The van der Waals surface area contributed by atoms with Gasteiger partial charge in [-0.15, -0.1) is 0 Å². The Labute approximate surface area is 162 Å². The molecule has 1 aromatic heterocycles. The second kappa shape index (κ2) is 8.05. The van der Waals surface area contributed by atoms with Crippen molar-refractivity contribution < 1.29 is 9.53 Å². The van der Waals surface area contributed by atoms with Gasteiger partial charge in [-0.1, -0.05) is 29.3 Å². The van der Waals surface area contributed by atoms with Gasteiger partial charge in [0.2, 0.25) is 5.95 Å². The molecule has 0 bridgehead atoms. The number of benzene rings is 2. The largest absolute Gasteiger partial charge is 0.465 e. The molecule has 2 aromatic carbocycles. The number of hydrogen-bond donors (Lipinski definition) is 2. The zero-order valence-electron chi connectivity index (χ0n) is 15.2. The first-order valence-corrected chi connectivity index (χ1v) is 8.66. The standard InChI is InChI=1S/C20H19ClN4O2/c1-12-4-7-15(8-5-12)23-18-10-13(2)22-20(25-18)24-17-11-14(19(26)27-3)6-9-16(17)21/h4-11H,1-3H3,(H2,22,23,24,25). The summed E-state index contributed by atoms with van der Waals surface area (Å²) in [5.41, 5.74) is 3.79. The van der Waals surface area contributed by atoms with Crippen LogP contribution in [0.2, 0.25) is 5.02 Å². The number of carbonyl (C=O) groups excluding carboxylic acids is 1. The summed E-state index contributed by atoms with van der Waals surface area (Å²) < 4.78 is 4.74. The van der Waals surface area contributed by atoms with Crippen LogP contribution in [0.4, 0.5) is 23.1 Å². The average molecular weight is 383 g/mol. The van der Waals surface area contributed by atoms with Gasteiger partial charge in [-0.25, -0.2) is 9.78 Å². The maximum Gasteiger partial charge on any atom is 0.337 e. The molecule has 0 unspecified atom stereocenters. The highest BCUT2D eigenvalue weighted by molar-refractivity contribution is 6.33. The van der Waals surface area contributed by atoms with E-state index in [1.165, 1.54) is 12.7 Å². The van der Waals surface area contributed by atoms with Gasteiger partial charge >= 0.3 is 5.97 Å². The molecule has 0 saturated heterocycles. The molecule has 6 nitrogen and oxygen atoms in total. The summed E-state index contributed by atoms with van der Waals surface area (Å²) >= 11 is 6.23. The maximum absolute atomic E-state index is 11.7. The fraction of sp³-hybridized carbons (Fsp3) is 0.150. The lowest BCUT2D eigenvalue weighted by atomic mass is 10.2. The molecule has 0 amide bonds. The number of ether oxygens (including phenoxy) is 1. The van der Waals surface area contributed by atoms with E-state index >= 15 is 0 Å². The van der Waals surface area contributed by atoms with E-state index in [9.17, 15) is 4.79 Å². The van der Waals surface area contributed by atoms with E-state index < -0.39 is 5.97 Å². The Hall–Kier alpha value is -3.12. The Kier molecular flexibility index (Phi) is 5.57. The molecule has 0 atom stereocenters. The number of esters is 1. The molecular weight excluding hydrogens is 364 g/mol. The van der Waals surface area contributed by atoms with Crippen molar-refractivity contribution in [1.82, 2.24) is 9.97 Å². The van der Waals surface area contributed by atoms with Gasteiger partial charge in [-0.3, -0.25) is 0 Å². The summed E-state index contributed by atoms with van der Waals surface area (Å²) in [6, 6.07) is 14.7. The van der Waals surface area contributed by atoms with Gasteiger partial charge in [0.25, 0.3) is 0 Å². The molecule has 2 N–H and O–H groups in total. The van der Waals surface area contributed by atoms with Crippen molar-refractivity contribution in [2.45, 2.75) is 13.8 Å². The third-order valence-electron chi connectivity index (χ3n) is 3.81. The highest BCUT2D eigenvalue weighted by Gasteiger charge is 2.11. The molecule has 0 radical (unpaired) electrons. The van der Waals surface area contributed by atoms with E-state index in [2.05, 4.69) is 20.6 Å². The van der Waals surface area contributed by atoms with Crippen molar-refractivity contribution in [1.29, 1.82) is 0 Å². The van der Waals surface area contributed by atoms with E-state index in [0.29, 0.717) is 28.0 Å². The molecule has 0 aliphatic rings. The lowest BCUT2D eigenvalue weighted by molar-refractivity contribution is 0.0601. The second-order valence-electron chi connectivity index (χ2n) is 6.02. The van der Waals surface area contributed by atoms with Crippen molar-refractivity contribution in [2.24, 2.45) is 0 Å². The summed E-state index contributed by atoms with van der Waals surface area (Å²) in [6.07, 6.45) is 0. The molecular formula is C20H19ClN4O2. The predicted molar refractivity (Wildman–Crippen MR) is 107 cm³/mol. The molecule has 0 spiro atoms. The smallest absolute Gasteiger partial charge is 0.337 e. The van der Waals surface area contributed by atoms with Crippen LogP contribution in [-0.2, 0) is 4.74 Å². The number of rotatable bonds is 5. The van der Waals surface area contributed by atoms with Crippen LogP contribution in [0.25, 0.3) is 0 Å². The average Bonchev–Trinajstić information content (AvgIpc) is 2.64. The van der Waals surface area contributed by atoms with Crippen LogP contribution < -0.4 is 10.6 Å². The molecule has 0 aliphatic heterocycles. The van der Waals surface area contributed by atoms with Crippen LogP contribution in [0.1, 0.15) is 21.6 Å². The molecule has 0 aliphatic carbocycles. The summed E-state index contributed by atoms with van der Waals surface area (Å²) in [5.74, 6) is 0.573. The van der Waals surface area contributed by atoms with E-state index in [0.717, 1.165) is 11.4 Å². The van der Waals surface area contributed by atoms with Gasteiger partial charge in [0.05, 0.1) is 23.4 Å². The number of nitrogens with one attached hydrogen (secondary N) is 2. The quantitative estimate of drug-likeness (QED) is 0.603. The normalized spacial score (nSPS) is 10.4. The van der Waals surface area contributed by atoms with Crippen LogP contribution in [0, 0.1) is 13.8 Å². The van der Waals surface area contributed by atoms with Crippen molar-refractivity contribution >= 4 is 40.7 Å². The first-order chi connectivity index (χ1) is 12.9. The second-order valence-corrected chi connectivity index (χ2v) is 6.43. The minimum absolute atomic E-state index is 0.369. The fourth-order valence-corrected chi connectivity index (χ4v) is 2.62. The summed E-state index contributed by atoms with van der Waals surface area (Å²) in [7, 11) is 1.33. The summed E-state index contributed by atoms with van der Waals surface area (Å²) in [5, 5.41) is 6.76. The van der Waals surface area contributed by atoms with Gasteiger partial charge in [0.1, 0.15) is 5.82 Å². The molecule has 27 heavy (non-hydrogen) atoms. The Morgan fingerprint density at radius 1 is 1.00 bits per heavy atom. The van der Waals surface area contributed by atoms with Crippen LogP contribution in [-0.4, -0.2) is 23.0 Å². The number of hydrogen-bond acceptors (Lipinski definition) is 6. The van der Waals surface area contributed by atoms with Crippen LogP contribution >= 0.6 is 11.6 Å².